The van der Waals surface area contributed by atoms with Gasteiger partial charge in [0.15, 0.2) is 0 Å². The van der Waals surface area contributed by atoms with Crippen LogP contribution in [0.2, 0.25) is 0 Å². The second-order valence-corrected chi connectivity index (χ2v) is 5.62. The molecule has 1 aliphatic rings. The number of carbonyl (C=O) groups excluding carboxylic acids is 1. The van der Waals surface area contributed by atoms with E-state index in [0.717, 1.165) is 24.2 Å². The SMILES string of the molecule is O=C(NCc1ccncc1)Nc1ccnn1C1CCCCC1. The Morgan fingerprint density at radius 1 is 1.14 bits per heavy atom. The highest BCUT2D eigenvalue weighted by Crippen LogP contribution is 2.29. The molecule has 2 amide bonds. The summed E-state index contributed by atoms with van der Waals surface area (Å²) in [5.41, 5.74) is 1.02. The number of amides is 2. The minimum atomic E-state index is -0.214. The van der Waals surface area contributed by atoms with E-state index in [9.17, 15) is 4.79 Å². The summed E-state index contributed by atoms with van der Waals surface area (Å²) in [6.07, 6.45) is 11.2. The average molecular weight is 299 g/mol. The molecule has 0 saturated heterocycles. The largest absolute Gasteiger partial charge is 0.334 e. The molecule has 0 bridgehead atoms. The first-order valence-electron chi connectivity index (χ1n) is 7.80. The Hall–Kier alpha value is -2.37. The van der Waals surface area contributed by atoms with Gasteiger partial charge in [-0.3, -0.25) is 10.3 Å². The van der Waals surface area contributed by atoms with Gasteiger partial charge in [0.05, 0.1) is 12.2 Å². The van der Waals surface area contributed by atoms with Gasteiger partial charge in [0.2, 0.25) is 0 Å². The molecule has 0 spiro atoms. The molecule has 2 heterocycles. The lowest BCUT2D eigenvalue weighted by molar-refractivity contribution is 0.251. The maximum absolute atomic E-state index is 12.0. The van der Waals surface area contributed by atoms with Crippen molar-refractivity contribution in [1.82, 2.24) is 20.1 Å². The Labute approximate surface area is 129 Å². The number of pyridine rings is 1. The van der Waals surface area contributed by atoms with Crippen molar-refractivity contribution in [2.75, 3.05) is 5.32 Å². The summed E-state index contributed by atoms with van der Waals surface area (Å²) in [5.74, 6) is 0.763. The number of nitrogens with one attached hydrogen (secondary N) is 2. The molecular formula is C16H21N5O. The molecular weight excluding hydrogens is 278 g/mol. The molecule has 22 heavy (non-hydrogen) atoms. The predicted molar refractivity (Wildman–Crippen MR) is 84.4 cm³/mol. The lowest BCUT2D eigenvalue weighted by atomic mass is 9.96. The third kappa shape index (κ3) is 3.63. The van der Waals surface area contributed by atoms with Crippen molar-refractivity contribution in [2.45, 2.75) is 44.7 Å². The van der Waals surface area contributed by atoms with Gasteiger partial charge in [-0.2, -0.15) is 5.10 Å². The van der Waals surface area contributed by atoms with Gasteiger partial charge in [0.25, 0.3) is 0 Å². The quantitative estimate of drug-likeness (QED) is 0.911. The summed E-state index contributed by atoms with van der Waals surface area (Å²) in [6.45, 7) is 0.478. The summed E-state index contributed by atoms with van der Waals surface area (Å²) in [4.78, 5) is 16.0. The van der Waals surface area contributed by atoms with E-state index >= 15 is 0 Å². The van der Waals surface area contributed by atoms with Crippen LogP contribution in [0.4, 0.5) is 10.6 Å². The topological polar surface area (TPSA) is 71.8 Å². The number of aromatic nitrogens is 3. The van der Waals surface area contributed by atoms with Gasteiger partial charge in [0, 0.05) is 25.0 Å². The molecule has 2 N–H and O–H groups in total. The maximum Gasteiger partial charge on any atom is 0.320 e. The minimum absolute atomic E-state index is 0.214. The smallest absolute Gasteiger partial charge is 0.320 e. The van der Waals surface area contributed by atoms with Gasteiger partial charge < -0.3 is 5.32 Å². The second kappa shape index (κ2) is 7.06. The van der Waals surface area contributed by atoms with Crippen LogP contribution in [0.5, 0.6) is 0 Å². The van der Waals surface area contributed by atoms with Crippen molar-refractivity contribution in [3.05, 3.63) is 42.4 Å². The molecule has 0 atom stereocenters. The molecule has 3 rings (SSSR count). The van der Waals surface area contributed by atoms with Crippen LogP contribution >= 0.6 is 0 Å². The van der Waals surface area contributed by atoms with Crippen LogP contribution in [-0.4, -0.2) is 20.8 Å². The van der Waals surface area contributed by atoms with E-state index in [1.54, 1.807) is 18.6 Å². The van der Waals surface area contributed by atoms with E-state index in [2.05, 4.69) is 20.7 Å². The number of hydrogen-bond donors (Lipinski definition) is 2. The van der Waals surface area contributed by atoms with Crippen molar-refractivity contribution in [3.63, 3.8) is 0 Å². The highest BCUT2D eigenvalue weighted by atomic mass is 16.2. The van der Waals surface area contributed by atoms with Crippen LogP contribution in [0.25, 0.3) is 0 Å². The van der Waals surface area contributed by atoms with Crippen molar-refractivity contribution in [1.29, 1.82) is 0 Å². The normalized spacial score (nSPS) is 15.5. The predicted octanol–water partition coefficient (Wildman–Crippen LogP) is 3.11. The molecule has 2 aromatic rings. The molecule has 1 aliphatic carbocycles. The molecule has 2 aromatic heterocycles. The molecule has 0 unspecified atom stereocenters. The number of rotatable bonds is 4. The summed E-state index contributed by atoms with van der Waals surface area (Å²) >= 11 is 0. The van der Waals surface area contributed by atoms with Gasteiger partial charge >= 0.3 is 6.03 Å². The van der Waals surface area contributed by atoms with Crippen LogP contribution in [0.1, 0.15) is 43.7 Å². The Morgan fingerprint density at radius 2 is 1.91 bits per heavy atom. The lowest BCUT2D eigenvalue weighted by Crippen LogP contribution is -2.30. The van der Waals surface area contributed by atoms with Crippen LogP contribution in [0.3, 0.4) is 0 Å². The molecule has 1 saturated carbocycles. The highest BCUT2D eigenvalue weighted by molar-refractivity contribution is 5.88. The van der Waals surface area contributed by atoms with Crippen molar-refractivity contribution in [3.8, 4) is 0 Å². The Morgan fingerprint density at radius 3 is 2.68 bits per heavy atom. The minimum Gasteiger partial charge on any atom is -0.334 e. The van der Waals surface area contributed by atoms with Crippen molar-refractivity contribution in [2.24, 2.45) is 0 Å². The Kier molecular flexibility index (Phi) is 4.68. The van der Waals surface area contributed by atoms with Gasteiger partial charge in [-0.05, 0) is 30.5 Å². The number of anilines is 1. The molecule has 6 heteroatoms. The first-order chi connectivity index (χ1) is 10.8. The standard InChI is InChI=1S/C16H21N5O/c22-16(18-12-13-6-9-17-10-7-13)20-15-8-11-19-21(15)14-4-2-1-3-5-14/h6-11,14H,1-5,12H2,(H2,18,20,22). The number of nitrogens with zero attached hydrogens (tertiary/aromatic N) is 3. The molecule has 6 nitrogen and oxygen atoms in total. The Bertz CT molecular complexity index is 604. The third-order valence-corrected chi connectivity index (χ3v) is 4.03. The fourth-order valence-corrected chi connectivity index (χ4v) is 2.87. The molecule has 1 fully saturated rings. The Balaban J connectivity index is 1.56. The monoisotopic (exact) mass is 299 g/mol. The van der Waals surface area contributed by atoms with Crippen LogP contribution in [-0.2, 0) is 6.54 Å². The van der Waals surface area contributed by atoms with Gasteiger partial charge in [-0.15, -0.1) is 0 Å². The lowest BCUT2D eigenvalue weighted by Gasteiger charge is -2.23. The van der Waals surface area contributed by atoms with Gasteiger partial charge in [-0.1, -0.05) is 19.3 Å². The number of hydrogen-bond acceptors (Lipinski definition) is 3. The molecule has 0 radical (unpaired) electrons. The van der Waals surface area contributed by atoms with Crippen LogP contribution in [0, 0.1) is 0 Å². The summed E-state index contributed by atoms with van der Waals surface area (Å²) in [5, 5.41) is 10.1. The maximum atomic E-state index is 12.0. The van der Waals surface area contributed by atoms with Crippen molar-refractivity contribution >= 4 is 11.8 Å². The zero-order valence-electron chi connectivity index (χ0n) is 12.5. The molecule has 0 aromatic carbocycles. The summed E-state index contributed by atoms with van der Waals surface area (Å²) in [7, 11) is 0. The van der Waals surface area contributed by atoms with E-state index in [0.29, 0.717) is 12.6 Å². The summed E-state index contributed by atoms with van der Waals surface area (Å²) < 4.78 is 1.95. The van der Waals surface area contributed by atoms with Gasteiger partial charge in [-0.25, -0.2) is 9.48 Å². The number of urea groups is 1. The van der Waals surface area contributed by atoms with E-state index in [1.165, 1.54) is 19.3 Å². The first kappa shape index (κ1) is 14.6. The molecule has 116 valence electrons. The zero-order valence-corrected chi connectivity index (χ0v) is 12.5. The fraction of sp³-hybridized carbons (Fsp3) is 0.438. The summed E-state index contributed by atoms with van der Waals surface area (Å²) in [6, 6.07) is 5.80. The highest BCUT2D eigenvalue weighted by Gasteiger charge is 2.19. The second-order valence-electron chi connectivity index (χ2n) is 5.62. The van der Waals surface area contributed by atoms with E-state index in [-0.39, 0.29) is 6.03 Å². The van der Waals surface area contributed by atoms with Crippen LogP contribution in [0.15, 0.2) is 36.8 Å². The average Bonchev–Trinajstić information content (AvgIpc) is 3.03. The fourth-order valence-electron chi connectivity index (χ4n) is 2.87. The van der Waals surface area contributed by atoms with E-state index < -0.39 is 0 Å². The van der Waals surface area contributed by atoms with E-state index in [1.807, 2.05) is 22.9 Å². The number of carbonyl (C=O) groups is 1. The third-order valence-electron chi connectivity index (χ3n) is 4.03. The van der Waals surface area contributed by atoms with E-state index in [4.69, 9.17) is 0 Å². The van der Waals surface area contributed by atoms with Gasteiger partial charge in [0.1, 0.15) is 5.82 Å². The zero-order chi connectivity index (χ0) is 15.2. The van der Waals surface area contributed by atoms with Crippen LogP contribution < -0.4 is 10.6 Å². The van der Waals surface area contributed by atoms with Crippen molar-refractivity contribution < 1.29 is 4.79 Å². The first-order valence-corrected chi connectivity index (χ1v) is 7.80. The molecule has 0 aliphatic heterocycles.